The van der Waals surface area contributed by atoms with Crippen molar-refractivity contribution in [3.8, 4) is 5.75 Å². The highest BCUT2D eigenvalue weighted by molar-refractivity contribution is 6.32. The van der Waals surface area contributed by atoms with Crippen molar-refractivity contribution in [3.63, 3.8) is 0 Å². The molecule has 0 aliphatic carbocycles. The van der Waals surface area contributed by atoms with Crippen LogP contribution >= 0.6 is 11.6 Å². The van der Waals surface area contributed by atoms with E-state index in [1.54, 1.807) is 12.1 Å². The lowest BCUT2D eigenvalue weighted by Gasteiger charge is -2.09. The van der Waals surface area contributed by atoms with Gasteiger partial charge in [-0.3, -0.25) is 10.1 Å². The summed E-state index contributed by atoms with van der Waals surface area (Å²) < 4.78 is 13.6. The zero-order valence-electron chi connectivity index (χ0n) is 10.1. The van der Waals surface area contributed by atoms with Gasteiger partial charge in [-0.15, -0.1) is 0 Å². The molecule has 0 aliphatic rings. The minimum absolute atomic E-state index is 0.0796. The molecule has 104 valence electrons. The number of nitro groups is 1. The number of hydrogen-bond acceptors (Lipinski definition) is 4. The molecule has 2 rings (SSSR count). The molecular formula is C13H10ClFN2O3. The van der Waals surface area contributed by atoms with Crippen molar-refractivity contribution < 1.29 is 14.4 Å². The first-order chi connectivity index (χ1) is 9.49. The van der Waals surface area contributed by atoms with E-state index in [1.807, 2.05) is 0 Å². The van der Waals surface area contributed by atoms with Gasteiger partial charge in [-0.2, -0.15) is 0 Å². The third-order valence-electron chi connectivity index (χ3n) is 2.70. The summed E-state index contributed by atoms with van der Waals surface area (Å²) >= 11 is 5.76. The van der Waals surface area contributed by atoms with Crippen molar-refractivity contribution >= 4 is 23.0 Å². The summed E-state index contributed by atoms with van der Waals surface area (Å²) in [6, 6.07) is 8.13. The molecule has 0 bridgehead atoms. The van der Waals surface area contributed by atoms with Crippen LogP contribution in [0, 0.1) is 15.9 Å². The van der Waals surface area contributed by atoms with Crippen molar-refractivity contribution in [2.45, 2.75) is 6.54 Å². The number of non-ortho nitro benzene ring substituents is 1. The van der Waals surface area contributed by atoms with Gasteiger partial charge in [0, 0.05) is 18.2 Å². The van der Waals surface area contributed by atoms with Crippen molar-refractivity contribution in [3.05, 3.63) is 62.9 Å². The zero-order chi connectivity index (χ0) is 14.7. The van der Waals surface area contributed by atoms with Gasteiger partial charge < -0.3 is 10.4 Å². The number of para-hydroxylation sites is 1. The topological polar surface area (TPSA) is 75.4 Å². The van der Waals surface area contributed by atoms with E-state index in [4.69, 9.17) is 11.6 Å². The first-order valence-corrected chi connectivity index (χ1v) is 6.01. The second-order valence-electron chi connectivity index (χ2n) is 4.02. The molecule has 2 aromatic rings. The number of phenols is 1. The van der Waals surface area contributed by atoms with E-state index in [0.717, 1.165) is 6.07 Å². The highest BCUT2D eigenvalue weighted by atomic mass is 35.5. The Labute approximate surface area is 118 Å². The number of phenolic OH excluding ortho intramolecular Hbond substituents is 1. The molecule has 7 heteroatoms. The van der Waals surface area contributed by atoms with E-state index < -0.39 is 10.7 Å². The highest BCUT2D eigenvalue weighted by Gasteiger charge is 2.11. The lowest BCUT2D eigenvalue weighted by atomic mass is 10.2. The molecule has 0 fully saturated rings. The molecule has 0 radical (unpaired) electrons. The minimum atomic E-state index is -0.735. The maximum atomic E-state index is 13.6. The van der Waals surface area contributed by atoms with Gasteiger partial charge >= 0.3 is 0 Å². The largest absolute Gasteiger partial charge is 0.506 e. The summed E-state index contributed by atoms with van der Waals surface area (Å²) in [6.45, 7) is 0.140. The smallest absolute Gasteiger partial charge is 0.272 e. The summed E-state index contributed by atoms with van der Waals surface area (Å²) in [4.78, 5) is 9.83. The Balaban J connectivity index is 2.15. The standard InChI is InChI=1S/C13H10ClFN2O3/c14-10-3-1-2-8(13(10)18)7-16-12-5-4-9(17(19)20)6-11(12)15/h1-6,16,18H,7H2. The molecule has 2 aromatic carbocycles. The summed E-state index contributed by atoms with van der Waals surface area (Å²) in [5, 5.41) is 23.2. The van der Waals surface area contributed by atoms with Crippen LogP contribution in [0.1, 0.15) is 5.56 Å². The van der Waals surface area contributed by atoms with Crippen LogP contribution in [0.25, 0.3) is 0 Å². The Kier molecular flexibility index (Phi) is 4.05. The van der Waals surface area contributed by atoms with Gasteiger partial charge in [0.2, 0.25) is 0 Å². The molecule has 0 aromatic heterocycles. The summed E-state index contributed by atoms with van der Waals surface area (Å²) in [7, 11) is 0. The lowest BCUT2D eigenvalue weighted by molar-refractivity contribution is -0.385. The van der Waals surface area contributed by atoms with Gasteiger partial charge in [0.15, 0.2) is 5.82 Å². The average molecular weight is 297 g/mol. The predicted molar refractivity (Wildman–Crippen MR) is 73.5 cm³/mol. The van der Waals surface area contributed by atoms with Crippen molar-refractivity contribution in [2.24, 2.45) is 0 Å². The highest BCUT2D eigenvalue weighted by Crippen LogP contribution is 2.28. The van der Waals surface area contributed by atoms with Crippen LogP contribution in [-0.2, 0) is 6.54 Å². The quantitative estimate of drug-likeness (QED) is 0.666. The van der Waals surface area contributed by atoms with Crippen LogP contribution in [0.5, 0.6) is 5.75 Å². The number of nitrogens with one attached hydrogen (secondary N) is 1. The monoisotopic (exact) mass is 296 g/mol. The maximum absolute atomic E-state index is 13.6. The predicted octanol–water partition coefficient (Wildman–Crippen LogP) is 3.71. The molecule has 0 saturated carbocycles. The number of rotatable bonds is 4. The van der Waals surface area contributed by atoms with E-state index in [2.05, 4.69) is 5.32 Å². The third-order valence-corrected chi connectivity index (χ3v) is 3.01. The molecule has 5 nitrogen and oxygen atoms in total. The Hall–Kier alpha value is -2.34. The van der Waals surface area contributed by atoms with Gasteiger partial charge in [0.25, 0.3) is 5.69 Å². The SMILES string of the molecule is O=[N+]([O-])c1ccc(NCc2cccc(Cl)c2O)c(F)c1. The fourth-order valence-electron chi connectivity index (χ4n) is 1.65. The van der Waals surface area contributed by atoms with Gasteiger partial charge in [-0.05, 0) is 12.1 Å². The lowest BCUT2D eigenvalue weighted by Crippen LogP contribution is -2.02. The number of nitro benzene ring substituents is 1. The molecule has 0 heterocycles. The number of nitrogens with zero attached hydrogens (tertiary/aromatic N) is 1. The van der Waals surface area contributed by atoms with E-state index in [0.29, 0.717) is 5.56 Å². The van der Waals surface area contributed by atoms with Crippen LogP contribution in [0.2, 0.25) is 5.02 Å². The van der Waals surface area contributed by atoms with Gasteiger partial charge in [0.1, 0.15) is 5.75 Å². The Morgan fingerprint density at radius 1 is 1.35 bits per heavy atom. The maximum Gasteiger partial charge on any atom is 0.272 e. The second kappa shape index (κ2) is 5.75. The zero-order valence-corrected chi connectivity index (χ0v) is 10.9. The first kappa shape index (κ1) is 14.1. The van der Waals surface area contributed by atoms with Crippen molar-refractivity contribution in [1.82, 2.24) is 0 Å². The minimum Gasteiger partial charge on any atom is -0.506 e. The fourth-order valence-corrected chi connectivity index (χ4v) is 1.85. The number of hydrogen-bond donors (Lipinski definition) is 2. The Bertz CT molecular complexity index is 664. The van der Waals surface area contributed by atoms with E-state index >= 15 is 0 Å². The van der Waals surface area contributed by atoms with E-state index in [9.17, 15) is 19.6 Å². The molecule has 0 saturated heterocycles. The molecule has 0 atom stereocenters. The molecular weight excluding hydrogens is 287 g/mol. The average Bonchev–Trinajstić information content (AvgIpc) is 2.41. The van der Waals surface area contributed by atoms with Crippen LogP contribution in [0.15, 0.2) is 36.4 Å². The van der Waals surface area contributed by atoms with Crippen LogP contribution in [-0.4, -0.2) is 10.0 Å². The Morgan fingerprint density at radius 3 is 2.75 bits per heavy atom. The van der Waals surface area contributed by atoms with Crippen molar-refractivity contribution in [2.75, 3.05) is 5.32 Å². The van der Waals surface area contributed by atoms with Crippen LogP contribution in [0.4, 0.5) is 15.8 Å². The second-order valence-corrected chi connectivity index (χ2v) is 4.43. The van der Waals surface area contributed by atoms with Crippen LogP contribution < -0.4 is 5.32 Å². The number of aromatic hydroxyl groups is 1. The number of halogens is 2. The molecule has 0 amide bonds. The number of benzene rings is 2. The van der Waals surface area contributed by atoms with Crippen LogP contribution in [0.3, 0.4) is 0 Å². The molecule has 20 heavy (non-hydrogen) atoms. The van der Waals surface area contributed by atoms with Crippen molar-refractivity contribution in [1.29, 1.82) is 0 Å². The molecule has 0 unspecified atom stereocenters. The van der Waals surface area contributed by atoms with E-state index in [-0.39, 0.29) is 28.7 Å². The first-order valence-electron chi connectivity index (χ1n) is 5.63. The molecule has 0 aliphatic heterocycles. The summed E-state index contributed by atoms with van der Waals surface area (Å²) in [6.07, 6.45) is 0. The van der Waals surface area contributed by atoms with E-state index in [1.165, 1.54) is 18.2 Å². The fraction of sp³-hybridized carbons (Fsp3) is 0.0769. The summed E-state index contributed by atoms with van der Waals surface area (Å²) in [5.74, 6) is -0.815. The van der Waals surface area contributed by atoms with Gasteiger partial charge in [-0.1, -0.05) is 23.7 Å². The number of anilines is 1. The molecule has 2 N–H and O–H groups in total. The van der Waals surface area contributed by atoms with Gasteiger partial charge in [-0.25, -0.2) is 4.39 Å². The normalized spacial score (nSPS) is 10.3. The van der Waals surface area contributed by atoms with Gasteiger partial charge in [0.05, 0.1) is 21.7 Å². The Morgan fingerprint density at radius 2 is 2.10 bits per heavy atom. The third kappa shape index (κ3) is 2.97. The molecule has 0 spiro atoms. The summed E-state index contributed by atoms with van der Waals surface area (Å²) in [5.41, 5.74) is 0.281.